The zero-order valence-electron chi connectivity index (χ0n) is 18.4. The molecule has 0 atom stereocenters. The molecule has 6 nitrogen and oxygen atoms in total. The Labute approximate surface area is 193 Å². The molecule has 1 saturated heterocycles. The summed E-state index contributed by atoms with van der Waals surface area (Å²) in [5, 5.41) is 3.17. The van der Waals surface area contributed by atoms with E-state index in [9.17, 15) is 9.59 Å². The molecule has 3 rings (SSSR count). The maximum Gasteiger partial charge on any atom is 0.267 e. The minimum atomic E-state index is -0.203. The number of hydrogen-bond donors (Lipinski definition) is 1. The number of nitrogens with one attached hydrogen (secondary N) is 1. The molecule has 1 amide bonds. The van der Waals surface area contributed by atoms with Gasteiger partial charge in [-0.25, -0.2) is 4.98 Å². The summed E-state index contributed by atoms with van der Waals surface area (Å²) in [6.07, 6.45) is 10.3. The van der Waals surface area contributed by atoms with Crippen molar-refractivity contribution >= 4 is 51.7 Å². The largest absolute Gasteiger partial charge is 0.370 e. The summed E-state index contributed by atoms with van der Waals surface area (Å²) in [7, 11) is 0. The third kappa shape index (κ3) is 5.36. The number of carbonyl (C=O) groups is 1. The molecular formula is C23H30N4O2S2. The molecule has 2 aromatic rings. The number of rotatable bonds is 10. The van der Waals surface area contributed by atoms with Crippen molar-refractivity contribution in [2.45, 2.75) is 59.3 Å². The summed E-state index contributed by atoms with van der Waals surface area (Å²) < 4.78 is 2.08. The fourth-order valence-corrected chi connectivity index (χ4v) is 4.91. The van der Waals surface area contributed by atoms with Crippen LogP contribution in [0, 0.1) is 6.92 Å². The third-order valence-electron chi connectivity index (χ3n) is 5.31. The minimum absolute atomic E-state index is 0.125. The van der Waals surface area contributed by atoms with Crippen molar-refractivity contribution in [3.63, 3.8) is 0 Å². The van der Waals surface area contributed by atoms with Crippen LogP contribution in [0.1, 0.15) is 63.5 Å². The van der Waals surface area contributed by atoms with Gasteiger partial charge < -0.3 is 5.32 Å². The maximum atomic E-state index is 13.2. The number of aryl methyl sites for hydroxylation is 1. The molecule has 0 aliphatic carbocycles. The van der Waals surface area contributed by atoms with Crippen LogP contribution in [0.4, 0.5) is 5.82 Å². The Bertz CT molecular complexity index is 1060. The Balaban J connectivity index is 1.85. The standard InChI is InChI=1S/C23H30N4O2S2/c1-4-6-7-8-9-10-13-27-22(29)18(31-23(27)30)15-17-19(24-5-2)25-20-16(3)12-11-14-26(20)21(17)28/h11-12,14-15,24H,4-10,13H2,1-3H3/b18-15+. The van der Waals surface area contributed by atoms with E-state index in [1.807, 2.05) is 26.0 Å². The first kappa shape index (κ1) is 23.5. The SMILES string of the molecule is CCCCCCCCN1C(=O)/C(=C\c2c(NCC)nc3c(C)cccn3c2=O)SC1=S. The molecule has 1 aliphatic rings. The Morgan fingerprint density at radius 1 is 1.16 bits per heavy atom. The molecule has 1 fully saturated rings. The van der Waals surface area contributed by atoms with E-state index in [4.69, 9.17) is 12.2 Å². The number of carbonyl (C=O) groups excluding carboxylic acids is 1. The van der Waals surface area contributed by atoms with Crippen molar-refractivity contribution in [2.24, 2.45) is 0 Å². The lowest BCUT2D eigenvalue weighted by Gasteiger charge is -2.14. The second kappa shape index (κ2) is 10.9. The molecule has 0 aromatic carbocycles. The van der Waals surface area contributed by atoms with E-state index in [-0.39, 0.29) is 11.5 Å². The highest BCUT2D eigenvalue weighted by atomic mass is 32.2. The zero-order valence-corrected chi connectivity index (χ0v) is 20.1. The lowest BCUT2D eigenvalue weighted by Crippen LogP contribution is -2.29. The first-order valence-electron chi connectivity index (χ1n) is 11.0. The Hall–Kier alpha value is -2.19. The highest BCUT2D eigenvalue weighted by Gasteiger charge is 2.32. The summed E-state index contributed by atoms with van der Waals surface area (Å²) in [6.45, 7) is 7.32. The first-order chi connectivity index (χ1) is 15.0. The Morgan fingerprint density at radius 2 is 1.90 bits per heavy atom. The summed E-state index contributed by atoms with van der Waals surface area (Å²) in [5.74, 6) is 0.364. The van der Waals surface area contributed by atoms with Crippen molar-refractivity contribution < 1.29 is 4.79 Å². The normalized spacial score (nSPS) is 15.5. The van der Waals surface area contributed by atoms with Gasteiger partial charge in [0.05, 0.1) is 10.5 Å². The first-order valence-corrected chi connectivity index (χ1v) is 12.2. The van der Waals surface area contributed by atoms with E-state index < -0.39 is 0 Å². The molecule has 1 aliphatic heterocycles. The van der Waals surface area contributed by atoms with Crippen molar-refractivity contribution in [3.8, 4) is 0 Å². The van der Waals surface area contributed by atoms with Crippen LogP contribution >= 0.6 is 24.0 Å². The maximum absolute atomic E-state index is 13.2. The van der Waals surface area contributed by atoms with Gasteiger partial charge in [-0.2, -0.15) is 0 Å². The molecule has 8 heteroatoms. The summed E-state index contributed by atoms with van der Waals surface area (Å²) in [5.41, 5.74) is 1.70. The van der Waals surface area contributed by atoms with Crippen LogP contribution in [0.2, 0.25) is 0 Å². The fraction of sp³-hybridized carbons (Fsp3) is 0.478. The smallest absolute Gasteiger partial charge is 0.267 e. The van der Waals surface area contributed by atoms with Crippen LogP contribution in [-0.2, 0) is 4.79 Å². The molecule has 1 N–H and O–H groups in total. The van der Waals surface area contributed by atoms with E-state index >= 15 is 0 Å². The van der Waals surface area contributed by atoms with Gasteiger partial charge >= 0.3 is 0 Å². The van der Waals surface area contributed by atoms with Gasteiger partial charge in [0.1, 0.15) is 15.8 Å². The Kier molecular flexibility index (Phi) is 8.26. The number of unbranched alkanes of at least 4 members (excludes halogenated alkanes) is 5. The number of amides is 1. The van der Waals surface area contributed by atoms with Crippen LogP contribution in [0.15, 0.2) is 28.0 Å². The minimum Gasteiger partial charge on any atom is -0.370 e. The number of anilines is 1. The van der Waals surface area contributed by atoms with Crippen molar-refractivity contribution in [1.29, 1.82) is 0 Å². The van der Waals surface area contributed by atoms with E-state index in [1.54, 1.807) is 17.2 Å². The molecule has 0 bridgehead atoms. The van der Waals surface area contributed by atoms with Crippen LogP contribution in [0.5, 0.6) is 0 Å². The molecule has 0 saturated carbocycles. The van der Waals surface area contributed by atoms with E-state index in [1.165, 1.54) is 41.8 Å². The van der Waals surface area contributed by atoms with Gasteiger partial charge in [0, 0.05) is 19.3 Å². The van der Waals surface area contributed by atoms with Crippen LogP contribution < -0.4 is 10.9 Å². The quantitative estimate of drug-likeness (QED) is 0.307. The second-order valence-corrected chi connectivity index (χ2v) is 9.37. The van der Waals surface area contributed by atoms with Gasteiger partial charge in [-0.1, -0.05) is 69.1 Å². The molecule has 3 heterocycles. The molecule has 0 spiro atoms. The number of pyridine rings is 1. The van der Waals surface area contributed by atoms with Gasteiger partial charge in [-0.3, -0.25) is 18.9 Å². The second-order valence-electron chi connectivity index (χ2n) is 7.70. The van der Waals surface area contributed by atoms with Gasteiger partial charge in [0.2, 0.25) is 0 Å². The summed E-state index contributed by atoms with van der Waals surface area (Å²) in [4.78, 5) is 33.0. The predicted octanol–water partition coefficient (Wildman–Crippen LogP) is 5.00. The predicted molar refractivity (Wildman–Crippen MR) is 134 cm³/mol. The number of hydrogen-bond acceptors (Lipinski definition) is 6. The molecule has 2 aromatic heterocycles. The molecule has 0 unspecified atom stereocenters. The van der Waals surface area contributed by atoms with Crippen molar-refractivity contribution in [1.82, 2.24) is 14.3 Å². The van der Waals surface area contributed by atoms with Gasteiger partial charge in [0.15, 0.2) is 0 Å². The van der Waals surface area contributed by atoms with E-state index in [0.717, 1.165) is 18.4 Å². The average molecular weight is 459 g/mol. The number of fused-ring (bicyclic) bond motifs is 1. The lowest BCUT2D eigenvalue weighted by atomic mass is 10.1. The van der Waals surface area contributed by atoms with E-state index in [0.29, 0.717) is 39.3 Å². The fourth-order valence-electron chi connectivity index (χ4n) is 3.62. The third-order valence-corrected chi connectivity index (χ3v) is 6.69. The van der Waals surface area contributed by atoms with Crippen LogP contribution in [0.25, 0.3) is 11.7 Å². The highest BCUT2D eigenvalue weighted by Crippen LogP contribution is 2.33. The molecule has 0 radical (unpaired) electrons. The average Bonchev–Trinajstić information content (AvgIpc) is 3.01. The number of thioether (sulfide) groups is 1. The molecule has 31 heavy (non-hydrogen) atoms. The van der Waals surface area contributed by atoms with Gasteiger partial charge in [0.25, 0.3) is 11.5 Å². The summed E-state index contributed by atoms with van der Waals surface area (Å²) in [6, 6.07) is 3.74. The van der Waals surface area contributed by atoms with Crippen molar-refractivity contribution in [2.75, 3.05) is 18.4 Å². The number of nitrogens with zero attached hydrogens (tertiary/aromatic N) is 3. The van der Waals surface area contributed by atoms with Crippen molar-refractivity contribution in [3.05, 3.63) is 44.7 Å². The molecule has 166 valence electrons. The number of aromatic nitrogens is 2. The number of thiocarbonyl (C=S) groups is 1. The van der Waals surface area contributed by atoms with E-state index in [2.05, 4.69) is 17.2 Å². The van der Waals surface area contributed by atoms with Gasteiger partial charge in [-0.15, -0.1) is 0 Å². The monoisotopic (exact) mass is 458 g/mol. The zero-order chi connectivity index (χ0) is 22.4. The molecular weight excluding hydrogens is 428 g/mol. The lowest BCUT2D eigenvalue weighted by molar-refractivity contribution is -0.122. The van der Waals surface area contributed by atoms with Crippen LogP contribution in [0.3, 0.4) is 0 Å². The highest BCUT2D eigenvalue weighted by molar-refractivity contribution is 8.26. The summed E-state index contributed by atoms with van der Waals surface area (Å²) >= 11 is 6.71. The Morgan fingerprint density at radius 3 is 2.65 bits per heavy atom. The topological polar surface area (TPSA) is 66.7 Å². The van der Waals surface area contributed by atoms with Gasteiger partial charge in [-0.05, 0) is 38.0 Å². The van der Waals surface area contributed by atoms with Crippen LogP contribution in [-0.4, -0.2) is 37.6 Å².